The molecule has 0 amide bonds. The second-order valence-electron chi connectivity index (χ2n) is 3.76. The summed E-state index contributed by atoms with van der Waals surface area (Å²) in [5.41, 5.74) is 0.487. The number of esters is 1. The van der Waals surface area contributed by atoms with E-state index in [9.17, 15) is 4.79 Å². The van der Waals surface area contributed by atoms with Crippen LogP contribution in [0, 0.1) is 6.92 Å². The van der Waals surface area contributed by atoms with E-state index in [0.29, 0.717) is 29.7 Å². The largest absolute Gasteiger partial charge is 0.465 e. The normalized spacial score (nSPS) is 19.2. The van der Waals surface area contributed by atoms with Crippen molar-refractivity contribution in [1.82, 2.24) is 15.4 Å². The van der Waals surface area contributed by atoms with Crippen LogP contribution in [0.2, 0.25) is 0 Å². The van der Waals surface area contributed by atoms with Crippen molar-refractivity contribution < 1.29 is 18.5 Å². The summed E-state index contributed by atoms with van der Waals surface area (Å²) in [4.78, 5) is 11.3. The summed E-state index contributed by atoms with van der Waals surface area (Å²) >= 11 is 1.21. The van der Waals surface area contributed by atoms with Gasteiger partial charge in [0.25, 0.3) is 11.1 Å². The highest BCUT2D eigenvalue weighted by Crippen LogP contribution is 2.30. The number of hydrogen-bond acceptors (Lipinski definition) is 8. The van der Waals surface area contributed by atoms with Gasteiger partial charge in [0.1, 0.15) is 11.0 Å². The molecule has 1 atom stereocenters. The Balaban J connectivity index is 1.75. The lowest BCUT2D eigenvalue weighted by Crippen LogP contribution is -2.09. The lowest BCUT2D eigenvalue weighted by Gasteiger charge is -1.98. The van der Waals surface area contributed by atoms with Crippen LogP contribution in [0.1, 0.15) is 12.2 Å². The first-order chi connectivity index (χ1) is 8.72. The molecule has 8 heteroatoms. The smallest absolute Gasteiger partial charge is 0.319 e. The molecule has 7 nitrogen and oxygen atoms in total. The zero-order valence-corrected chi connectivity index (χ0v) is 10.3. The molecule has 0 saturated carbocycles. The number of nitrogens with zero attached hydrogens (tertiary/aromatic N) is 3. The molecular weight excluding hydrogens is 258 g/mol. The van der Waals surface area contributed by atoms with Crippen LogP contribution < -0.4 is 0 Å². The van der Waals surface area contributed by atoms with E-state index in [4.69, 9.17) is 13.7 Å². The van der Waals surface area contributed by atoms with E-state index in [-0.39, 0.29) is 17.1 Å². The van der Waals surface area contributed by atoms with Gasteiger partial charge in [-0.15, -0.1) is 10.2 Å². The van der Waals surface area contributed by atoms with Crippen molar-refractivity contribution in [2.45, 2.75) is 23.8 Å². The number of cyclic esters (lactones) is 1. The average molecular weight is 267 g/mol. The molecule has 3 rings (SSSR count). The Kier molecular flexibility index (Phi) is 2.78. The SMILES string of the molecule is Cc1cc(-c2nnc(SC3CCOC3=O)o2)no1. The number of hydrogen-bond donors (Lipinski definition) is 0. The van der Waals surface area contributed by atoms with Crippen molar-refractivity contribution >= 4 is 17.7 Å². The third-order valence-electron chi connectivity index (χ3n) is 2.38. The van der Waals surface area contributed by atoms with E-state index in [1.54, 1.807) is 13.0 Å². The zero-order chi connectivity index (χ0) is 12.5. The highest BCUT2D eigenvalue weighted by molar-refractivity contribution is 8.00. The van der Waals surface area contributed by atoms with Crippen LogP contribution in [0.25, 0.3) is 11.6 Å². The first-order valence-corrected chi connectivity index (χ1v) is 6.21. The van der Waals surface area contributed by atoms with Gasteiger partial charge in [0.2, 0.25) is 0 Å². The first kappa shape index (κ1) is 11.3. The fourth-order valence-electron chi connectivity index (χ4n) is 1.53. The monoisotopic (exact) mass is 267 g/mol. The topological polar surface area (TPSA) is 91.2 Å². The molecule has 2 aromatic heterocycles. The van der Waals surface area contributed by atoms with Crippen LogP contribution >= 0.6 is 11.8 Å². The van der Waals surface area contributed by atoms with Crippen LogP contribution in [-0.2, 0) is 9.53 Å². The summed E-state index contributed by atoms with van der Waals surface area (Å²) in [5.74, 6) is 0.703. The average Bonchev–Trinajstić information content (AvgIpc) is 3.03. The van der Waals surface area contributed by atoms with E-state index in [1.807, 2.05) is 0 Å². The summed E-state index contributed by atoms with van der Waals surface area (Å²) in [7, 11) is 0. The molecule has 1 fully saturated rings. The molecule has 1 unspecified atom stereocenters. The predicted molar refractivity (Wildman–Crippen MR) is 59.8 cm³/mol. The summed E-state index contributed by atoms with van der Waals surface area (Å²) in [5, 5.41) is 11.5. The number of ether oxygens (including phenoxy) is 1. The molecule has 1 saturated heterocycles. The molecule has 0 N–H and O–H groups in total. The number of rotatable bonds is 3. The van der Waals surface area contributed by atoms with Crippen LogP contribution in [0.15, 0.2) is 20.2 Å². The zero-order valence-electron chi connectivity index (χ0n) is 9.45. The Morgan fingerprint density at radius 2 is 2.33 bits per heavy atom. The van der Waals surface area contributed by atoms with Crippen molar-refractivity contribution in [1.29, 1.82) is 0 Å². The van der Waals surface area contributed by atoms with E-state index in [2.05, 4.69) is 15.4 Å². The van der Waals surface area contributed by atoms with Gasteiger partial charge in [-0.3, -0.25) is 4.79 Å². The molecule has 0 aliphatic carbocycles. The van der Waals surface area contributed by atoms with Gasteiger partial charge < -0.3 is 13.7 Å². The number of aryl methyl sites for hydroxylation is 1. The Labute approximate surface area is 106 Å². The van der Waals surface area contributed by atoms with Crippen LogP contribution in [-0.4, -0.2) is 33.2 Å². The minimum absolute atomic E-state index is 0.239. The molecule has 18 heavy (non-hydrogen) atoms. The van der Waals surface area contributed by atoms with Crippen molar-refractivity contribution in [2.75, 3.05) is 6.61 Å². The van der Waals surface area contributed by atoms with Gasteiger partial charge in [-0.05, 0) is 18.7 Å². The Bertz CT molecular complexity index is 579. The molecule has 3 heterocycles. The second kappa shape index (κ2) is 4.45. The number of aromatic nitrogens is 3. The molecule has 0 spiro atoms. The van der Waals surface area contributed by atoms with Gasteiger partial charge >= 0.3 is 5.97 Å². The highest BCUT2D eigenvalue weighted by Gasteiger charge is 2.29. The van der Waals surface area contributed by atoms with Crippen molar-refractivity contribution in [3.05, 3.63) is 11.8 Å². The maximum absolute atomic E-state index is 11.3. The summed E-state index contributed by atoms with van der Waals surface area (Å²) in [6, 6.07) is 1.70. The summed E-state index contributed by atoms with van der Waals surface area (Å²) < 4.78 is 15.2. The van der Waals surface area contributed by atoms with Crippen molar-refractivity contribution in [3.8, 4) is 11.6 Å². The summed E-state index contributed by atoms with van der Waals surface area (Å²) in [6.45, 7) is 2.22. The second-order valence-corrected chi connectivity index (χ2v) is 4.91. The van der Waals surface area contributed by atoms with Crippen molar-refractivity contribution in [2.24, 2.45) is 0 Å². The Morgan fingerprint density at radius 1 is 1.44 bits per heavy atom. The van der Waals surface area contributed by atoms with Crippen molar-refractivity contribution in [3.63, 3.8) is 0 Å². The molecule has 0 bridgehead atoms. The van der Waals surface area contributed by atoms with E-state index in [1.165, 1.54) is 11.8 Å². The van der Waals surface area contributed by atoms with Crippen LogP contribution in [0.5, 0.6) is 0 Å². The molecule has 2 aromatic rings. The van der Waals surface area contributed by atoms with E-state index >= 15 is 0 Å². The minimum atomic E-state index is -0.266. The van der Waals surface area contributed by atoms with Gasteiger partial charge in [-0.2, -0.15) is 0 Å². The number of carbonyl (C=O) groups excluding carboxylic acids is 1. The fourth-order valence-corrected chi connectivity index (χ4v) is 2.37. The third-order valence-corrected chi connectivity index (χ3v) is 3.46. The number of thioether (sulfide) groups is 1. The van der Waals surface area contributed by atoms with E-state index in [0.717, 1.165) is 0 Å². The molecule has 1 aliphatic heterocycles. The quantitative estimate of drug-likeness (QED) is 0.771. The predicted octanol–water partition coefficient (Wildman–Crippen LogP) is 1.44. The van der Waals surface area contributed by atoms with Crippen LogP contribution in [0.3, 0.4) is 0 Å². The summed E-state index contributed by atoms with van der Waals surface area (Å²) in [6.07, 6.45) is 0.657. The molecule has 0 aromatic carbocycles. The van der Waals surface area contributed by atoms with Gasteiger partial charge in [-0.25, -0.2) is 0 Å². The fraction of sp³-hybridized carbons (Fsp3) is 0.400. The standard InChI is InChI=1S/C10H9N3O4S/c1-5-4-6(13-17-5)8-11-12-10(16-8)18-7-2-3-15-9(7)14/h4,7H,2-3H2,1H3. The molecular formula is C10H9N3O4S. The van der Waals surface area contributed by atoms with Gasteiger partial charge in [0.15, 0.2) is 5.69 Å². The molecule has 94 valence electrons. The highest BCUT2D eigenvalue weighted by atomic mass is 32.2. The van der Waals surface area contributed by atoms with Gasteiger partial charge in [0.05, 0.1) is 6.61 Å². The van der Waals surface area contributed by atoms with Crippen LogP contribution in [0.4, 0.5) is 0 Å². The van der Waals surface area contributed by atoms with E-state index < -0.39 is 0 Å². The number of carbonyl (C=O) groups is 1. The van der Waals surface area contributed by atoms with Gasteiger partial charge in [-0.1, -0.05) is 5.16 Å². The lowest BCUT2D eigenvalue weighted by molar-refractivity contribution is -0.137. The Hall–Kier alpha value is -1.83. The molecule has 0 radical (unpaired) electrons. The maximum Gasteiger partial charge on any atom is 0.319 e. The third kappa shape index (κ3) is 2.10. The maximum atomic E-state index is 11.3. The Morgan fingerprint density at radius 3 is 3.00 bits per heavy atom. The van der Waals surface area contributed by atoms with Gasteiger partial charge in [0, 0.05) is 12.5 Å². The lowest BCUT2D eigenvalue weighted by atomic mass is 10.4. The molecule has 1 aliphatic rings. The minimum Gasteiger partial charge on any atom is -0.465 e. The first-order valence-electron chi connectivity index (χ1n) is 5.33.